The maximum absolute atomic E-state index is 11.5. The zero-order valence-electron chi connectivity index (χ0n) is 18.4. The Morgan fingerprint density at radius 2 is 2.06 bits per heavy atom. The molecule has 1 aliphatic carbocycles. The van der Waals surface area contributed by atoms with Crippen LogP contribution in [0.1, 0.15) is 30.1 Å². The van der Waals surface area contributed by atoms with Gasteiger partial charge in [0.05, 0.1) is 18.3 Å². The van der Waals surface area contributed by atoms with E-state index < -0.39 is 5.69 Å². The van der Waals surface area contributed by atoms with Crippen molar-refractivity contribution in [2.24, 2.45) is 4.99 Å². The Balaban J connectivity index is 1.63. The average Bonchev–Trinajstić information content (AvgIpc) is 3.42. The Morgan fingerprint density at radius 1 is 1.27 bits per heavy atom. The molecule has 0 amide bonds. The first kappa shape index (κ1) is 20.9. The summed E-state index contributed by atoms with van der Waals surface area (Å²) in [6.07, 6.45) is 5.28. The fourth-order valence-corrected chi connectivity index (χ4v) is 3.59. The molecular formula is C22H25N9O2. The highest BCUT2D eigenvalue weighted by molar-refractivity contribution is 5.57. The summed E-state index contributed by atoms with van der Waals surface area (Å²) in [5.74, 6) is 0.185. The Kier molecular flexibility index (Phi) is 5.38. The van der Waals surface area contributed by atoms with Crippen LogP contribution in [0.25, 0.3) is 11.7 Å². The number of anilines is 1. The number of aromatic hydroxyl groups is 1. The van der Waals surface area contributed by atoms with E-state index in [1.165, 1.54) is 0 Å². The third-order valence-corrected chi connectivity index (χ3v) is 5.31. The van der Waals surface area contributed by atoms with Crippen molar-refractivity contribution in [1.29, 1.82) is 0 Å². The zero-order chi connectivity index (χ0) is 22.9. The summed E-state index contributed by atoms with van der Waals surface area (Å²) in [6.45, 7) is 0.740. The van der Waals surface area contributed by atoms with Crippen molar-refractivity contribution in [2.45, 2.75) is 24.9 Å². The lowest BCUT2D eigenvalue weighted by Gasteiger charge is -2.22. The first-order chi connectivity index (χ1) is 16.0. The van der Waals surface area contributed by atoms with Crippen LogP contribution in [0.3, 0.4) is 0 Å². The van der Waals surface area contributed by atoms with Gasteiger partial charge < -0.3 is 20.3 Å². The van der Waals surface area contributed by atoms with Gasteiger partial charge in [0.15, 0.2) is 5.65 Å². The topological polar surface area (TPSA) is 140 Å². The van der Waals surface area contributed by atoms with E-state index in [0.717, 1.165) is 24.9 Å². The van der Waals surface area contributed by atoms with E-state index in [4.69, 9.17) is 9.98 Å². The number of hydrogen-bond donors (Lipinski definition) is 4. The number of benzene rings is 1. The normalized spacial score (nSPS) is 16.1. The summed E-state index contributed by atoms with van der Waals surface area (Å²) in [7, 11) is 4.04. The summed E-state index contributed by atoms with van der Waals surface area (Å²) in [4.78, 5) is 32.6. The highest BCUT2D eigenvalue weighted by Gasteiger charge is 2.21. The average molecular weight is 448 g/mol. The van der Waals surface area contributed by atoms with Gasteiger partial charge in [-0.2, -0.15) is 19.6 Å². The lowest BCUT2D eigenvalue weighted by Crippen LogP contribution is -2.29. The van der Waals surface area contributed by atoms with Crippen LogP contribution in [0, 0.1) is 0 Å². The Hall–Kier alpha value is -3.99. The number of aromatic amines is 2. The van der Waals surface area contributed by atoms with E-state index in [-0.39, 0.29) is 23.7 Å². The predicted molar refractivity (Wildman–Crippen MR) is 123 cm³/mol. The second kappa shape index (κ2) is 8.51. The Bertz CT molecular complexity index is 1450. The number of imidazole rings is 1. The monoisotopic (exact) mass is 447 g/mol. The smallest absolute Gasteiger partial charge is 0.326 e. The molecule has 1 aliphatic rings. The standard InChI is InChI=1S/C22H25N9O2/c1-30(2)12-17(13-6-4-3-5-7-13)25-20-27-18-14(10-16-19(32)28-22(33)26-16)11-23-31(18)21(29-20)24-15-8-9-15/h3-7,10-11,15,17,32H,8-9,12H2,1-2H3,(H,24,25,29)(H2,26,28,33)/b14-10+. The summed E-state index contributed by atoms with van der Waals surface area (Å²) in [5, 5.41) is 18.4. The molecule has 33 heavy (non-hydrogen) atoms. The summed E-state index contributed by atoms with van der Waals surface area (Å²) < 4.78 is 1.58. The molecule has 5 rings (SSSR count). The van der Waals surface area contributed by atoms with E-state index in [9.17, 15) is 9.90 Å². The molecule has 1 saturated carbocycles. The van der Waals surface area contributed by atoms with Crippen LogP contribution in [-0.4, -0.2) is 66.2 Å². The third kappa shape index (κ3) is 4.62. The molecule has 0 spiro atoms. The lowest BCUT2D eigenvalue weighted by molar-refractivity contribution is 0.386. The van der Waals surface area contributed by atoms with E-state index in [0.29, 0.717) is 22.4 Å². The highest BCUT2D eigenvalue weighted by Crippen LogP contribution is 2.22. The summed E-state index contributed by atoms with van der Waals surface area (Å²) in [6, 6.07) is 10.3. The van der Waals surface area contributed by atoms with Gasteiger partial charge in [-0.15, -0.1) is 0 Å². The SMILES string of the molecule is CN(C)CC(Nc1nc(=NC2CC2)n2nc/c(=C\c3[nH]c(=O)[nH]c3O)c2n1)c1ccccc1. The molecule has 0 saturated heterocycles. The van der Waals surface area contributed by atoms with Gasteiger partial charge in [-0.25, -0.2) is 9.79 Å². The van der Waals surface area contributed by atoms with E-state index in [1.54, 1.807) is 16.8 Å². The second-order valence-electron chi connectivity index (χ2n) is 8.40. The molecule has 11 heteroatoms. The van der Waals surface area contributed by atoms with Crippen molar-refractivity contribution in [2.75, 3.05) is 26.0 Å². The van der Waals surface area contributed by atoms with Gasteiger partial charge in [0, 0.05) is 11.8 Å². The van der Waals surface area contributed by atoms with Gasteiger partial charge in [-0.05, 0) is 38.6 Å². The number of rotatable bonds is 7. The van der Waals surface area contributed by atoms with Crippen molar-refractivity contribution in [1.82, 2.24) is 34.4 Å². The molecule has 3 heterocycles. The minimum Gasteiger partial charge on any atom is -0.493 e. The number of hydrogen-bond acceptors (Lipinski definition) is 8. The molecule has 3 aromatic heterocycles. The summed E-state index contributed by atoms with van der Waals surface area (Å²) in [5.41, 5.74) is 1.85. The molecule has 1 fully saturated rings. The molecule has 170 valence electrons. The first-order valence-corrected chi connectivity index (χ1v) is 10.7. The number of fused-ring (bicyclic) bond motifs is 1. The van der Waals surface area contributed by atoms with Gasteiger partial charge in [0.25, 0.3) is 5.62 Å². The highest BCUT2D eigenvalue weighted by atomic mass is 16.3. The van der Waals surface area contributed by atoms with Crippen LogP contribution in [0.4, 0.5) is 5.95 Å². The van der Waals surface area contributed by atoms with E-state index in [2.05, 4.69) is 42.4 Å². The van der Waals surface area contributed by atoms with Crippen LogP contribution >= 0.6 is 0 Å². The summed E-state index contributed by atoms with van der Waals surface area (Å²) >= 11 is 0. The fraction of sp³-hybridized carbons (Fsp3) is 0.318. The maximum atomic E-state index is 11.5. The molecule has 4 N–H and O–H groups in total. The van der Waals surface area contributed by atoms with E-state index in [1.807, 2.05) is 32.3 Å². The van der Waals surface area contributed by atoms with Crippen molar-refractivity contribution < 1.29 is 5.11 Å². The first-order valence-electron chi connectivity index (χ1n) is 10.7. The number of H-pyrrole nitrogens is 2. The van der Waals surface area contributed by atoms with Gasteiger partial charge in [-0.1, -0.05) is 30.3 Å². The molecule has 0 aliphatic heterocycles. The molecule has 0 bridgehead atoms. The third-order valence-electron chi connectivity index (χ3n) is 5.31. The zero-order valence-corrected chi connectivity index (χ0v) is 18.4. The number of likely N-dealkylation sites (N-methyl/N-ethyl adjacent to an activating group) is 1. The Labute approximate surface area is 188 Å². The van der Waals surface area contributed by atoms with Crippen LogP contribution in [0.5, 0.6) is 5.88 Å². The molecular weight excluding hydrogens is 422 g/mol. The largest absolute Gasteiger partial charge is 0.493 e. The van der Waals surface area contributed by atoms with E-state index >= 15 is 0 Å². The molecule has 4 aromatic rings. The van der Waals surface area contributed by atoms with Crippen LogP contribution in [-0.2, 0) is 0 Å². The molecule has 0 radical (unpaired) electrons. The number of nitrogens with one attached hydrogen (secondary N) is 3. The van der Waals surface area contributed by atoms with Crippen LogP contribution in [0.15, 0.2) is 46.3 Å². The van der Waals surface area contributed by atoms with Gasteiger partial charge in [0.1, 0.15) is 5.69 Å². The fourth-order valence-electron chi connectivity index (χ4n) is 3.59. The predicted octanol–water partition coefficient (Wildman–Crippen LogP) is 0.172. The maximum Gasteiger partial charge on any atom is 0.326 e. The van der Waals surface area contributed by atoms with Gasteiger partial charge >= 0.3 is 5.69 Å². The van der Waals surface area contributed by atoms with Crippen molar-refractivity contribution in [3.8, 4) is 5.88 Å². The van der Waals surface area contributed by atoms with Crippen molar-refractivity contribution in [3.05, 3.63) is 69.1 Å². The van der Waals surface area contributed by atoms with Crippen LogP contribution < -0.4 is 21.8 Å². The molecule has 11 nitrogen and oxygen atoms in total. The molecule has 1 unspecified atom stereocenters. The lowest BCUT2D eigenvalue weighted by atomic mass is 10.1. The number of aromatic nitrogens is 6. The molecule has 1 aromatic carbocycles. The van der Waals surface area contributed by atoms with Gasteiger partial charge in [0.2, 0.25) is 11.8 Å². The van der Waals surface area contributed by atoms with Crippen molar-refractivity contribution in [3.63, 3.8) is 0 Å². The number of nitrogens with zero attached hydrogens (tertiary/aromatic N) is 6. The Morgan fingerprint density at radius 3 is 2.73 bits per heavy atom. The van der Waals surface area contributed by atoms with Gasteiger partial charge in [-0.3, -0.25) is 4.98 Å². The quantitative estimate of drug-likeness (QED) is 0.317. The second-order valence-corrected chi connectivity index (χ2v) is 8.40. The van der Waals surface area contributed by atoms with Crippen molar-refractivity contribution >= 4 is 17.7 Å². The minimum atomic E-state index is -0.494. The molecule has 1 atom stereocenters. The van der Waals surface area contributed by atoms with Crippen LogP contribution in [0.2, 0.25) is 0 Å². The minimum absolute atomic E-state index is 0.0437.